The number of aromatic amines is 1. The van der Waals surface area contributed by atoms with Crippen LogP contribution in [-0.2, 0) is 49.2 Å². The first-order chi connectivity index (χ1) is 66.8. The number of methoxy groups -OCH3 is 4. The fraction of sp³-hybridized carbons (Fsp3) is 0.250. The quantitative estimate of drug-likeness (QED) is 0.00266. The van der Waals surface area contributed by atoms with Crippen molar-refractivity contribution >= 4 is 225 Å². The molecule has 13 aromatic rings. The van der Waals surface area contributed by atoms with Gasteiger partial charge in [-0.25, -0.2) is 42.9 Å². The summed E-state index contributed by atoms with van der Waals surface area (Å²) in [6.07, 6.45) is 6.97. The number of aryl methyl sites for hydroxylation is 5. The summed E-state index contributed by atoms with van der Waals surface area (Å²) < 4.78 is 94.4. The molecule has 0 unspecified atom stereocenters. The van der Waals surface area contributed by atoms with Crippen LogP contribution in [0.25, 0.3) is 0 Å². The Morgan fingerprint density at radius 1 is 0.507 bits per heavy atom. The molecule has 13 rings (SSSR count). The second-order valence-corrected chi connectivity index (χ2v) is 39.7. The van der Waals surface area contributed by atoms with Gasteiger partial charge >= 0.3 is 35.6 Å². The summed E-state index contributed by atoms with van der Waals surface area (Å²) in [7, 11) is 6.57. The normalized spacial score (nSPS) is 9.82. The van der Waals surface area contributed by atoms with Crippen molar-refractivity contribution in [3.05, 3.63) is 339 Å². The van der Waals surface area contributed by atoms with Crippen molar-refractivity contribution in [2.24, 2.45) is 5.73 Å². The first-order valence-electron chi connectivity index (χ1n) is 41.9. The Morgan fingerprint density at radius 2 is 0.852 bits per heavy atom. The maximum Gasteiger partial charge on any atom is 1.00 e. The number of carbonyl (C=O) groups excluding carboxylic acids is 2. The molecule has 42 heteroatoms. The van der Waals surface area contributed by atoms with Crippen LogP contribution in [0, 0.1) is 58.9 Å². The standard InChI is InChI=1S/C16H19NO2S.C15H17NO3S.C14H12BrCl2NOS.C14H14INO2.C8H11NOS.C8H10O2.C7H7Br.C6H2BrCl2F.C6H5FIN.C4H5F2N3O2.C2H6S.B.Na/c1-4-20-15-9-16(17-10-12(15)2)19-11-13-5-7-14(18-3)8-6-13;1-3-20-14-8-15(16-9-13(14)17)19-10-11-4-6-12(18-2)7-5-11;1-3-20-12-6-13(18-7-8(12)2)19-14-10(16)4-9(15)5-11(14)17;1-10-8-16-14(7-13(10)15)18-9-11-3-5-12(17-2)6-4-11;1-3-11-7-4-8(10)9-5-6(7)2;1-10-8-4-2-7(6-9)3-5-8;8-6-7-4-2-1-3-5-7;7-3-1-4(8)6(10)5(9)2-3;1-4-3-9-6(7)2-5(4)8;5-2(6)1(7)3(10)9-4(8)11;1-2-3;;/h5-10H,4,11H2,1-3H3;4-9,17H,3,10H2,1-2H3;4-7H,3H2,1-2H3;3-8H,9H2,1-2H3;4-5H,3H2,1-2H3,(H,9,10);2-5,9H,6H2,1H3;1-5H,6H2;1-2H;2-3H,1H3;2,7H,(H3,8,9,10,11);3H,2H2,1H3;;/q;;;;;;;;;;;;+1/p-1. The number of benzene rings is 7. The van der Waals surface area contributed by atoms with E-state index in [4.69, 9.17) is 94.8 Å². The summed E-state index contributed by atoms with van der Waals surface area (Å²) in [5.41, 5.74) is 14.0. The van der Waals surface area contributed by atoms with Crippen molar-refractivity contribution in [3.8, 4) is 58.0 Å². The number of amides is 3. The van der Waals surface area contributed by atoms with Crippen LogP contribution in [0.5, 0.6) is 58.0 Å². The minimum atomic E-state index is -3.20. The number of pyridine rings is 6. The number of hydrogen-bond donors (Lipinski definition) is 6. The van der Waals surface area contributed by atoms with E-state index in [1.807, 2.05) is 187 Å². The number of aliphatic hydroxyl groups excluding tert-OH is 1. The smallest absolute Gasteiger partial charge is 0.793 e. The molecule has 0 aliphatic heterocycles. The molecular weight excluding hydrogens is 2440 g/mol. The summed E-state index contributed by atoms with van der Waals surface area (Å²) in [4.78, 5) is 58.2. The Morgan fingerprint density at radius 3 is 1.21 bits per heavy atom. The van der Waals surface area contributed by atoms with Crippen LogP contribution in [-0.4, -0.2) is 130 Å². The van der Waals surface area contributed by atoms with Gasteiger partial charge in [0.1, 0.15) is 48.6 Å². The van der Waals surface area contributed by atoms with Crippen LogP contribution in [0.15, 0.2) is 259 Å². The van der Waals surface area contributed by atoms with Gasteiger partial charge in [-0.1, -0.05) is 208 Å². The number of urea groups is 1. The Labute approximate surface area is 947 Å². The van der Waals surface area contributed by atoms with Crippen molar-refractivity contribution in [3.63, 3.8) is 0 Å². The Bertz CT molecular complexity index is 5810. The Balaban J connectivity index is 0.000000797. The summed E-state index contributed by atoms with van der Waals surface area (Å²) in [6, 6.07) is 56.7. The zero-order valence-corrected chi connectivity index (χ0v) is 98.4. The number of hydrogen-bond acceptors (Lipinski definition) is 24. The fourth-order valence-electron chi connectivity index (χ4n) is 9.83. The Hall–Kier alpha value is -7.40. The minimum absolute atomic E-state index is 0. The van der Waals surface area contributed by atoms with Gasteiger partial charge in [-0.05, 0) is 231 Å². The molecule has 0 aliphatic rings. The number of primary amides is 1. The third-order valence-electron chi connectivity index (χ3n) is 17.0. The number of nitrogens with two attached hydrogens (primary N) is 1. The summed E-state index contributed by atoms with van der Waals surface area (Å²) in [5, 5.41) is 27.9. The predicted molar refractivity (Wildman–Crippen MR) is 598 cm³/mol. The number of imide groups is 1. The molecule has 7 aromatic carbocycles. The van der Waals surface area contributed by atoms with Gasteiger partial charge in [-0.15, -0.1) is 47.0 Å². The Kier molecular flexibility index (Phi) is 71.1. The van der Waals surface area contributed by atoms with E-state index in [9.17, 15) is 37.1 Å². The van der Waals surface area contributed by atoms with Gasteiger partial charge < -0.3 is 71.5 Å². The molecule has 0 saturated carbocycles. The molecule has 0 atom stereocenters. The van der Waals surface area contributed by atoms with E-state index < -0.39 is 35.8 Å². The number of aliphatic hydroxyl groups is 1. The summed E-state index contributed by atoms with van der Waals surface area (Å²) >= 11 is 48.5. The van der Waals surface area contributed by atoms with Crippen LogP contribution in [0.4, 0.5) is 22.4 Å². The fourth-order valence-corrected chi connectivity index (χ4v) is 16.5. The van der Waals surface area contributed by atoms with Crippen molar-refractivity contribution < 1.29 is 105 Å². The maximum absolute atomic E-state index is 12.6. The molecule has 142 heavy (non-hydrogen) atoms. The monoisotopic (exact) mass is 2540 g/mol. The molecule has 6 heterocycles. The number of alkyl halides is 3. The van der Waals surface area contributed by atoms with Crippen LogP contribution < -0.4 is 84.1 Å². The summed E-state index contributed by atoms with van der Waals surface area (Å²) in [5.74, 6) is 8.54. The number of thioether (sulfide) groups is 4. The van der Waals surface area contributed by atoms with Crippen LogP contribution >= 0.6 is 186 Å². The van der Waals surface area contributed by atoms with Crippen molar-refractivity contribution in [1.82, 2.24) is 35.2 Å². The van der Waals surface area contributed by atoms with Crippen LogP contribution in [0.3, 0.4) is 0 Å². The van der Waals surface area contributed by atoms with Crippen molar-refractivity contribution in [2.75, 3.05) is 57.2 Å². The molecule has 0 saturated heterocycles. The average Bonchev–Trinajstić information content (AvgIpc) is 1.10. The third-order valence-corrected chi connectivity index (χ3v) is 26.0. The predicted octanol–water partition coefficient (Wildman–Crippen LogP) is 25.8. The van der Waals surface area contributed by atoms with E-state index in [0.29, 0.717) is 63.6 Å². The van der Waals surface area contributed by atoms with Crippen LogP contribution in [0.2, 0.25) is 20.1 Å². The van der Waals surface area contributed by atoms with Gasteiger partial charge in [0.05, 0.1) is 66.2 Å². The SMILES string of the molecule is BrCc1ccccc1.CCSc1cc(=O)[nH]cc1C.CCSc1cc(OCc2ccc(OC)cc2)ncc1C.CCSc1cc(OCc2ccc(OC)cc2)ncc1O.CCSc1cc(Oc2c(Cl)cc(Br)cc2Cl)ncc1C.CC[S-].COc1ccc(CO)cc1.COc1ccc(COc2cc(I)c(C)cn2)cc1.Cc1cnc(F)cc1I.Fc1c(Cl)cc(Br)cc1Cl.N=C(C(=O)NC(N)=O)C(F)F.[B].[Na+]. The van der Waals surface area contributed by atoms with Gasteiger partial charge in [0, 0.05) is 112 Å². The maximum atomic E-state index is 12.6. The molecule has 22 nitrogen and oxygen atoms in total. The second-order valence-electron chi connectivity index (χ2n) is 27.5. The number of aromatic nitrogens is 6. The van der Waals surface area contributed by atoms with E-state index in [1.54, 1.807) is 112 Å². The van der Waals surface area contributed by atoms with Gasteiger partial charge in [0.25, 0.3) is 12.3 Å². The van der Waals surface area contributed by atoms with E-state index in [2.05, 4.69) is 181 Å². The zero-order chi connectivity index (χ0) is 104. The number of ether oxygens (including phenoxy) is 8. The third kappa shape index (κ3) is 54.3. The van der Waals surface area contributed by atoms with E-state index >= 15 is 0 Å². The molecule has 7 N–H and O–H groups in total. The van der Waals surface area contributed by atoms with Crippen LogP contribution in [0.1, 0.15) is 90.3 Å². The first kappa shape index (κ1) is 133. The van der Waals surface area contributed by atoms with Gasteiger partial charge in [0.15, 0.2) is 17.3 Å². The van der Waals surface area contributed by atoms with Gasteiger partial charge in [-0.2, -0.15) is 10.1 Å². The number of nitrogens with one attached hydrogen (secondary N) is 3. The first-order valence-corrected chi connectivity index (χ1v) is 52.8. The topological polar surface area (TPSA) is 308 Å². The van der Waals surface area contributed by atoms with E-state index in [1.165, 1.54) is 51.9 Å². The van der Waals surface area contributed by atoms with E-state index in [0.717, 1.165) is 128 Å². The number of H-pyrrole nitrogens is 1. The molecule has 3 radical (unpaired) electrons. The molecule has 3 amide bonds. The number of aromatic hydroxyl groups is 1. The van der Waals surface area contributed by atoms with Crippen molar-refractivity contribution in [2.45, 2.75) is 127 Å². The number of halogens is 13. The second kappa shape index (κ2) is 76.2. The largest absolute Gasteiger partial charge is 1.00 e. The number of rotatable bonds is 27. The molecule has 0 fully saturated rings. The molecule has 0 aliphatic carbocycles. The molecule has 0 spiro atoms. The molecule has 0 bridgehead atoms. The van der Waals surface area contributed by atoms with Crippen molar-refractivity contribution in [1.29, 1.82) is 5.41 Å². The molecular formula is C100H107BBr3Cl4F4I2N9NaO13S5. The molecule has 755 valence electrons. The van der Waals surface area contributed by atoms with E-state index in [-0.39, 0.29) is 65.9 Å². The summed E-state index contributed by atoms with van der Waals surface area (Å²) in [6.45, 7) is 21.8. The number of nitrogens with zero attached hydrogens (tertiary/aromatic N) is 5. The molecule has 6 aromatic heterocycles. The van der Waals surface area contributed by atoms with Gasteiger partial charge in [-0.3, -0.25) is 20.3 Å². The zero-order valence-electron chi connectivity index (χ0n) is 80.2. The average molecular weight is 2550 g/mol. The number of carbonyl (C=O) groups is 2. The van der Waals surface area contributed by atoms with Gasteiger partial charge in [0.2, 0.25) is 35.0 Å². The minimum Gasteiger partial charge on any atom is -0.793 e.